The van der Waals surface area contributed by atoms with E-state index in [9.17, 15) is 9.90 Å². The van der Waals surface area contributed by atoms with E-state index in [2.05, 4.69) is 15.3 Å². The molecule has 0 spiro atoms. The Morgan fingerprint density at radius 2 is 2.32 bits per heavy atom. The fourth-order valence-electron chi connectivity index (χ4n) is 4.30. The van der Waals surface area contributed by atoms with Gasteiger partial charge < -0.3 is 20.3 Å². The monoisotopic (exact) mass is 452 g/mol. The van der Waals surface area contributed by atoms with Gasteiger partial charge >= 0.3 is 0 Å². The second-order valence-corrected chi connectivity index (χ2v) is 8.89. The molecule has 0 saturated carbocycles. The van der Waals surface area contributed by atoms with Crippen LogP contribution in [0.15, 0.2) is 36.0 Å². The number of thiophene rings is 1. The van der Waals surface area contributed by atoms with Gasteiger partial charge in [0.2, 0.25) is 0 Å². The van der Waals surface area contributed by atoms with Gasteiger partial charge in [0.1, 0.15) is 11.4 Å². The van der Waals surface area contributed by atoms with E-state index in [4.69, 9.17) is 11.6 Å². The maximum atomic E-state index is 13.2. The summed E-state index contributed by atoms with van der Waals surface area (Å²) in [5.74, 6) is 0.496. The van der Waals surface area contributed by atoms with Crippen molar-refractivity contribution in [1.82, 2.24) is 9.97 Å². The van der Waals surface area contributed by atoms with Crippen molar-refractivity contribution in [2.75, 3.05) is 29.7 Å². The number of anilines is 2. The average molecular weight is 453 g/mol. The molecule has 1 amide bonds. The summed E-state index contributed by atoms with van der Waals surface area (Å²) in [5.41, 5.74) is 5.44. The van der Waals surface area contributed by atoms with Crippen LogP contribution in [0.1, 0.15) is 22.6 Å². The van der Waals surface area contributed by atoms with Gasteiger partial charge in [0, 0.05) is 60.1 Å². The van der Waals surface area contributed by atoms with E-state index in [1.807, 2.05) is 31.6 Å². The quantitative estimate of drug-likeness (QED) is 0.293. The molecule has 1 atom stereocenters. The number of carbonyl (C=O) groups is 1. The summed E-state index contributed by atoms with van der Waals surface area (Å²) in [5, 5.41) is 17.6. The van der Waals surface area contributed by atoms with Crippen molar-refractivity contribution in [1.29, 1.82) is 0 Å². The molecule has 0 unspecified atom stereocenters. The number of hydrogen-bond donors (Lipinski definition) is 3. The number of hydrogen-bond acceptors (Lipinski definition) is 5. The summed E-state index contributed by atoms with van der Waals surface area (Å²) in [6, 6.07) is 3.69. The zero-order valence-corrected chi connectivity index (χ0v) is 18.6. The highest BCUT2D eigenvalue weighted by atomic mass is 35.5. The first-order valence-electron chi connectivity index (χ1n) is 9.96. The Labute approximate surface area is 188 Å². The van der Waals surface area contributed by atoms with Crippen LogP contribution in [0.5, 0.6) is 5.75 Å². The molecule has 0 aliphatic carbocycles. The van der Waals surface area contributed by atoms with E-state index >= 15 is 0 Å². The van der Waals surface area contributed by atoms with Crippen LogP contribution >= 0.6 is 22.9 Å². The maximum Gasteiger partial charge on any atom is 0.251 e. The van der Waals surface area contributed by atoms with Crippen LogP contribution in [0, 0.1) is 6.92 Å². The highest BCUT2D eigenvalue weighted by molar-refractivity contribution is 7.17. The van der Waals surface area contributed by atoms with E-state index in [-0.39, 0.29) is 17.6 Å². The molecule has 1 aliphatic heterocycles. The van der Waals surface area contributed by atoms with Crippen LogP contribution < -0.4 is 10.2 Å². The number of phenolic OH excluding ortho intramolecular Hbond substituents is 1. The molecule has 5 rings (SSSR count). The summed E-state index contributed by atoms with van der Waals surface area (Å²) in [6.07, 6.45) is 6.95. The molecular weight excluding hydrogens is 432 g/mol. The third-order valence-corrected chi connectivity index (χ3v) is 7.33. The summed E-state index contributed by atoms with van der Waals surface area (Å²) in [6.45, 7) is 2.52. The van der Waals surface area contributed by atoms with Gasteiger partial charge in [-0.1, -0.05) is 0 Å². The number of aromatic amines is 1. The molecule has 0 fully saturated rings. The molecule has 0 bridgehead atoms. The lowest BCUT2D eigenvalue weighted by atomic mass is 9.97. The van der Waals surface area contributed by atoms with E-state index in [0.29, 0.717) is 12.4 Å². The minimum Gasteiger partial charge on any atom is -0.506 e. The highest BCUT2D eigenvalue weighted by Crippen LogP contribution is 2.48. The zero-order valence-electron chi connectivity index (χ0n) is 17.1. The third-order valence-electron chi connectivity index (χ3n) is 5.84. The smallest absolute Gasteiger partial charge is 0.251 e. The number of aryl methyl sites for hydroxylation is 1. The van der Waals surface area contributed by atoms with Crippen LogP contribution in [-0.2, 0) is 4.79 Å². The van der Waals surface area contributed by atoms with E-state index in [1.54, 1.807) is 29.3 Å². The van der Waals surface area contributed by atoms with Gasteiger partial charge in [-0.05, 0) is 35.6 Å². The van der Waals surface area contributed by atoms with Crippen molar-refractivity contribution in [3.8, 4) is 5.75 Å². The first-order chi connectivity index (χ1) is 15.0. The van der Waals surface area contributed by atoms with Crippen molar-refractivity contribution < 1.29 is 9.90 Å². The molecule has 3 aromatic heterocycles. The van der Waals surface area contributed by atoms with Gasteiger partial charge in [-0.2, -0.15) is 0 Å². The molecule has 6 nitrogen and oxygen atoms in total. The third kappa shape index (κ3) is 3.16. The molecule has 31 heavy (non-hydrogen) atoms. The van der Waals surface area contributed by atoms with Crippen molar-refractivity contribution in [3.05, 3.63) is 52.7 Å². The predicted molar refractivity (Wildman–Crippen MR) is 129 cm³/mol. The number of carbonyl (C=O) groups excluding carboxylic acids is 1. The number of benzene rings is 1. The average Bonchev–Trinajstić information content (AvgIpc) is 3.46. The van der Waals surface area contributed by atoms with Gasteiger partial charge in [0.05, 0.1) is 22.3 Å². The second kappa shape index (κ2) is 7.59. The number of amides is 1. The lowest BCUT2D eigenvalue weighted by Crippen LogP contribution is -2.28. The molecular formula is C23H21ClN4O2S. The molecule has 4 aromatic rings. The molecule has 4 heterocycles. The van der Waals surface area contributed by atoms with Crippen LogP contribution in [-0.4, -0.2) is 40.5 Å². The first kappa shape index (κ1) is 19.9. The van der Waals surface area contributed by atoms with Crippen LogP contribution in [0.2, 0.25) is 0 Å². The summed E-state index contributed by atoms with van der Waals surface area (Å²) in [7, 11) is 1.84. The van der Waals surface area contributed by atoms with Crippen LogP contribution in [0.4, 0.5) is 11.4 Å². The molecule has 0 saturated heterocycles. The summed E-state index contributed by atoms with van der Waals surface area (Å²) < 4.78 is 0.850. The Hall–Kier alpha value is -3.03. The Kier molecular flexibility index (Phi) is 4.87. The van der Waals surface area contributed by atoms with Gasteiger partial charge in [0.15, 0.2) is 0 Å². The standard InChI is InChI=1S/C23H21ClN4O2S/c1-12-11-31-22-18(29)6-17-21(20(12)22)14(7-24)10-28(17)19(30)4-3-13-8-26-23-16(13)5-15(25-2)9-27-23/h3-6,8-9,11,14,25,29H,7,10H2,1-2H3,(H,26,27)/b4-3+/t14-/m1/s1. The van der Waals surface area contributed by atoms with Gasteiger partial charge in [-0.3, -0.25) is 4.79 Å². The minimum atomic E-state index is -0.146. The number of phenols is 1. The summed E-state index contributed by atoms with van der Waals surface area (Å²) in [4.78, 5) is 22.4. The molecule has 1 aromatic carbocycles. The molecule has 1 aliphatic rings. The molecule has 3 N–H and O–H groups in total. The number of halogens is 1. The predicted octanol–water partition coefficient (Wildman–Crippen LogP) is 5.22. The van der Waals surface area contributed by atoms with Crippen LogP contribution in [0.3, 0.4) is 0 Å². The number of pyridine rings is 1. The van der Waals surface area contributed by atoms with E-state index in [0.717, 1.165) is 49.2 Å². The molecule has 8 heteroatoms. The Morgan fingerprint density at radius 1 is 1.48 bits per heavy atom. The fraction of sp³-hybridized carbons (Fsp3) is 0.217. The van der Waals surface area contributed by atoms with Crippen molar-refractivity contribution in [2.45, 2.75) is 12.8 Å². The Balaban J connectivity index is 1.52. The number of alkyl halides is 1. The fourth-order valence-corrected chi connectivity index (χ4v) is 5.53. The van der Waals surface area contributed by atoms with Crippen molar-refractivity contribution in [2.24, 2.45) is 0 Å². The highest BCUT2D eigenvalue weighted by Gasteiger charge is 2.34. The Morgan fingerprint density at radius 3 is 3.10 bits per heavy atom. The zero-order chi connectivity index (χ0) is 21.7. The number of rotatable bonds is 4. The van der Waals surface area contributed by atoms with E-state index in [1.165, 1.54) is 11.3 Å². The van der Waals surface area contributed by atoms with Crippen molar-refractivity contribution in [3.63, 3.8) is 0 Å². The number of aromatic hydroxyl groups is 1. The number of nitrogens with one attached hydrogen (secondary N) is 2. The molecule has 158 valence electrons. The number of fused-ring (bicyclic) bond motifs is 4. The van der Waals surface area contributed by atoms with Gasteiger partial charge in [0.25, 0.3) is 5.91 Å². The summed E-state index contributed by atoms with van der Waals surface area (Å²) >= 11 is 7.80. The number of nitrogens with zero attached hydrogens (tertiary/aromatic N) is 2. The Bertz CT molecular complexity index is 1360. The van der Waals surface area contributed by atoms with E-state index < -0.39 is 0 Å². The number of H-pyrrole nitrogens is 1. The molecule has 0 radical (unpaired) electrons. The number of aromatic nitrogens is 2. The van der Waals surface area contributed by atoms with Gasteiger partial charge in [-0.15, -0.1) is 22.9 Å². The SMILES string of the molecule is CNc1cnc2[nH]cc(/C=C/C(=O)N3C[C@@H](CCl)c4c3cc(O)c3scc(C)c43)c2c1. The maximum absolute atomic E-state index is 13.2. The lowest BCUT2D eigenvalue weighted by molar-refractivity contribution is -0.114. The van der Waals surface area contributed by atoms with Crippen molar-refractivity contribution >= 4 is 67.4 Å². The minimum absolute atomic E-state index is 0.0286. The normalized spacial score (nSPS) is 16.0. The van der Waals surface area contributed by atoms with Gasteiger partial charge in [-0.25, -0.2) is 4.98 Å². The second-order valence-electron chi connectivity index (χ2n) is 7.70. The largest absolute Gasteiger partial charge is 0.506 e. The topological polar surface area (TPSA) is 81.2 Å². The van der Waals surface area contributed by atoms with Crippen LogP contribution in [0.25, 0.3) is 27.2 Å². The lowest BCUT2D eigenvalue weighted by Gasteiger charge is -2.16. The first-order valence-corrected chi connectivity index (χ1v) is 11.4.